The molecule has 2 aliphatic rings. The highest BCUT2D eigenvalue weighted by Crippen LogP contribution is 2.51. The summed E-state index contributed by atoms with van der Waals surface area (Å²) >= 11 is 1.42. The maximum absolute atomic E-state index is 12.6. The van der Waals surface area contributed by atoms with Gasteiger partial charge in [0, 0.05) is 34.3 Å². The number of aryl methyl sites for hydroxylation is 1. The molecule has 3 aromatic rings. The van der Waals surface area contributed by atoms with Gasteiger partial charge < -0.3 is 5.41 Å². The lowest BCUT2D eigenvalue weighted by Gasteiger charge is -2.43. The molecular formula is C27H27N3OS. The summed E-state index contributed by atoms with van der Waals surface area (Å²) in [5, 5.41) is 13.4. The zero-order chi connectivity index (χ0) is 22.3. The van der Waals surface area contributed by atoms with Crippen molar-refractivity contribution in [3.63, 3.8) is 0 Å². The largest absolute Gasteiger partial charge is 0.308 e. The van der Waals surface area contributed by atoms with Crippen LogP contribution in [0.1, 0.15) is 70.8 Å². The van der Waals surface area contributed by atoms with E-state index >= 15 is 0 Å². The van der Waals surface area contributed by atoms with Gasteiger partial charge in [-0.3, -0.25) is 10.1 Å². The maximum atomic E-state index is 12.6. The first-order valence-electron chi connectivity index (χ1n) is 11.2. The van der Waals surface area contributed by atoms with Gasteiger partial charge in [0.15, 0.2) is 5.13 Å². The van der Waals surface area contributed by atoms with E-state index in [1.165, 1.54) is 63.8 Å². The molecule has 1 heterocycles. The van der Waals surface area contributed by atoms with Gasteiger partial charge in [0.1, 0.15) is 0 Å². The molecule has 2 N–H and O–H groups in total. The van der Waals surface area contributed by atoms with Gasteiger partial charge in [0.05, 0.1) is 0 Å². The van der Waals surface area contributed by atoms with Crippen LogP contribution in [0.4, 0.5) is 5.13 Å². The molecule has 0 saturated carbocycles. The van der Waals surface area contributed by atoms with Crippen molar-refractivity contribution in [1.82, 2.24) is 4.98 Å². The monoisotopic (exact) mass is 441 g/mol. The van der Waals surface area contributed by atoms with Crippen LogP contribution in [0.2, 0.25) is 0 Å². The molecule has 1 aromatic heterocycles. The van der Waals surface area contributed by atoms with Crippen LogP contribution in [-0.2, 0) is 11.8 Å². The van der Waals surface area contributed by atoms with Gasteiger partial charge >= 0.3 is 0 Å². The first-order valence-corrected chi connectivity index (χ1v) is 12.1. The van der Waals surface area contributed by atoms with E-state index in [4.69, 9.17) is 5.41 Å². The Bertz CT molecular complexity index is 1220. The first-order chi connectivity index (χ1) is 15.5. The van der Waals surface area contributed by atoms with E-state index in [0.29, 0.717) is 10.7 Å². The number of aromatic nitrogens is 1. The summed E-state index contributed by atoms with van der Waals surface area (Å²) in [7, 11) is 0. The Kier molecular flexibility index (Phi) is 5.30. The number of hydrogen-bond donors (Lipinski definition) is 2. The van der Waals surface area contributed by atoms with Gasteiger partial charge in [-0.2, -0.15) is 0 Å². The lowest BCUT2D eigenvalue weighted by atomic mass is 9.61. The molecule has 1 amide bonds. The number of allylic oxidation sites excluding steroid dienone is 2. The van der Waals surface area contributed by atoms with Crippen molar-refractivity contribution < 1.29 is 4.79 Å². The smallest absolute Gasteiger partial charge is 0.257 e. The normalized spacial score (nSPS) is 19.8. The highest BCUT2D eigenvalue weighted by molar-refractivity contribution is 7.13. The number of hydrogen-bond acceptors (Lipinski definition) is 4. The van der Waals surface area contributed by atoms with Gasteiger partial charge in [-0.1, -0.05) is 36.8 Å². The summed E-state index contributed by atoms with van der Waals surface area (Å²) in [4.78, 5) is 16.7. The molecule has 2 aromatic carbocycles. The summed E-state index contributed by atoms with van der Waals surface area (Å²) in [6.07, 6.45) is 8.74. The number of nitrogens with one attached hydrogen (secondary N) is 2. The molecule has 5 rings (SSSR count). The third-order valence-electron chi connectivity index (χ3n) is 7.11. The van der Waals surface area contributed by atoms with Crippen molar-refractivity contribution in [3.8, 4) is 0 Å². The fourth-order valence-electron chi connectivity index (χ4n) is 5.46. The van der Waals surface area contributed by atoms with Crippen LogP contribution in [0, 0.1) is 12.3 Å². The highest BCUT2D eigenvalue weighted by Gasteiger charge is 2.39. The predicted octanol–water partition coefficient (Wildman–Crippen LogP) is 6.54. The maximum Gasteiger partial charge on any atom is 0.257 e. The minimum absolute atomic E-state index is 0.0956. The Morgan fingerprint density at radius 1 is 1.16 bits per heavy atom. The second-order valence-electron chi connectivity index (χ2n) is 9.02. The number of amides is 1. The Morgan fingerprint density at radius 3 is 2.66 bits per heavy atom. The van der Waals surface area contributed by atoms with Crippen LogP contribution < -0.4 is 5.32 Å². The summed E-state index contributed by atoms with van der Waals surface area (Å²) in [5.41, 5.74) is 9.67. The van der Waals surface area contributed by atoms with Crippen LogP contribution in [-0.4, -0.2) is 17.1 Å². The minimum Gasteiger partial charge on any atom is -0.308 e. The minimum atomic E-state index is -0.130. The number of anilines is 1. The standard InChI is InChI=1S/C27H27N3OS/c1-17-7-8-19-15-27(2,23-6-4-3-5-21(23)24(19)22(17)16-28)20-11-9-18(10-12-20)25(31)30-26-29-13-14-32-26/h7-14,16,28H,3-6,15H2,1-2H3,(H,29,30,31). The van der Waals surface area contributed by atoms with Crippen molar-refractivity contribution in [2.24, 2.45) is 0 Å². The fourth-order valence-corrected chi connectivity index (χ4v) is 5.98. The van der Waals surface area contributed by atoms with Crippen LogP contribution in [0.15, 0.2) is 53.5 Å². The van der Waals surface area contributed by atoms with Gasteiger partial charge in [0.2, 0.25) is 0 Å². The van der Waals surface area contributed by atoms with E-state index in [1.807, 2.05) is 17.5 Å². The molecule has 0 spiro atoms. The van der Waals surface area contributed by atoms with Crippen molar-refractivity contribution in [1.29, 1.82) is 5.41 Å². The van der Waals surface area contributed by atoms with Gasteiger partial charge in [-0.05, 0) is 79.0 Å². The quantitative estimate of drug-likeness (QED) is 0.451. The van der Waals surface area contributed by atoms with E-state index in [1.54, 1.807) is 6.20 Å². The molecule has 1 atom stereocenters. The van der Waals surface area contributed by atoms with Crippen molar-refractivity contribution in [2.45, 2.75) is 51.4 Å². The molecule has 1 unspecified atom stereocenters. The van der Waals surface area contributed by atoms with Gasteiger partial charge in [-0.15, -0.1) is 11.3 Å². The first kappa shape index (κ1) is 20.8. The van der Waals surface area contributed by atoms with Crippen molar-refractivity contribution in [2.75, 3.05) is 5.32 Å². The second-order valence-corrected chi connectivity index (χ2v) is 9.91. The van der Waals surface area contributed by atoms with E-state index < -0.39 is 0 Å². The van der Waals surface area contributed by atoms with Crippen LogP contribution in [0.5, 0.6) is 0 Å². The average Bonchev–Trinajstić information content (AvgIpc) is 3.33. The average molecular weight is 442 g/mol. The second kappa shape index (κ2) is 8.14. The molecule has 0 fully saturated rings. The summed E-state index contributed by atoms with van der Waals surface area (Å²) in [6.45, 7) is 4.46. The number of carbonyl (C=O) groups is 1. The van der Waals surface area contributed by atoms with Crippen LogP contribution in [0.3, 0.4) is 0 Å². The molecular weight excluding hydrogens is 414 g/mol. The van der Waals surface area contributed by atoms with E-state index in [0.717, 1.165) is 24.8 Å². The molecule has 0 bridgehead atoms. The van der Waals surface area contributed by atoms with E-state index in [9.17, 15) is 4.79 Å². The molecule has 0 aliphatic heterocycles. The van der Waals surface area contributed by atoms with Crippen molar-refractivity contribution >= 4 is 34.2 Å². The number of fused-ring (bicyclic) bond motifs is 2. The zero-order valence-electron chi connectivity index (χ0n) is 18.5. The Hall–Kier alpha value is -3.05. The molecule has 162 valence electrons. The third kappa shape index (κ3) is 3.41. The predicted molar refractivity (Wildman–Crippen MR) is 132 cm³/mol. The Balaban J connectivity index is 1.54. The van der Waals surface area contributed by atoms with Crippen LogP contribution >= 0.6 is 11.3 Å². The molecule has 0 saturated heterocycles. The fraction of sp³-hybridized carbons (Fsp3) is 0.296. The summed E-state index contributed by atoms with van der Waals surface area (Å²) in [6, 6.07) is 12.5. The SMILES string of the molecule is Cc1ccc2c(c1C=N)C1=C(CCCC1)C(C)(c1ccc(C(=O)Nc3nccs3)cc1)C2. The molecule has 5 heteroatoms. The Morgan fingerprint density at radius 2 is 1.94 bits per heavy atom. The number of nitrogens with zero attached hydrogens (tertiary/aromatic N) is 1. The number of thiazole rings is 1. The molecule has 0 radical (unpaired) electrons. The van der Waals surface area contributed by atoms with E-state index in [-0.39, 0.29) is 11.3 Å². The summed E-state index contributed by atoms with van der Waals surface area (Å²) in [5.74, 6) is -0.130. The number of benzene rings is 2. The zero-order valence-corrected chi connectivity index (χ0v) is 19.3. The highest BCUT2D eigenvalue weighted by atomic mass is 32.1. The van der Waals surface area contributed by atoms with Crippen molar-refractivity contribution in [3.05, 3.63) is 86.9 Å². The number of rotatable bonds is 4. The molecule has 2 aliphatic carbocycles. The van der Waals surface area contributed by atoms with Gasteiger partial charge in [0.25, 0.3) is 5.91 Å². The Labute approximate surface area is 192 Å². The third-order valence-corrected chi connectivity index (χ3v) is 7.80. The lowest BCUT2D eigenvalue weighted by Crippen LogP contribution is -2.34. The topological polar surface area (TPSA) is 65.8 Å². The molecule has 32 heavy (non-hydrogen) atoms. The summed E-state index contributed by atoms with van der Waals surface area (Å²) < 4.78 is 0. The van der Waals surface area contributed by atoms with Crippen LogP contribution in [0.25, 0.3) is 5.57 Å². The van der Waals surface area contributed by atoms with Gasteiger partial charge in [-0.25, -0.2) is 4.98 Å². The van der Waals surface area contributed by atoms with E-state index in [2.05, 4.69) is 48.4 Å². The lowest BCUT2D eigenvalue weighted by molar-refractivity contribution is 0.102. The molecule has 4 nitrogen and oxygen atoms in total. The number of carbonyl (C=O) groups excluding carboxylic acids is 1.